The Hall–Kier alpha value is -1.62. The van der Waals surface area contributed by atoms with Gasteiger partial charge in [-0.15, -0.1) is 0 Å². The molecule has 0 aromatic heterocycles. The first kappa shape index (κ1) is 15.8. The number of anilines is 1. The first-order valence-electron chi connectivity index (χ1n) is 7.84. The van der Waals surface area contributed by atoms with E-state index in [1.165, 1.54) is 32.1 Å². The molecule has 2 rings (SSSR count). The molecule has 0 aliphatic carbocycles. The molecule has 0 bridgehead atoms. The first-order valence-corrected chi connectivity index (χ1v) is 7.84. The van der Waals surface area contributed by atoms with Gasteiger partial charge in [-0.3, -0.25) is 15.0 Å². The fourth-order valence-electron chi connectivity index (χ4n) is 3.22. The minimum absolute atomic E-state index is 0.174. The Morgan fingerprint density at radius 2 is 2.24 bits per heavy atom. The molecule has 0 radical (unpaired) electrons. The predicted octanol–water partition coefficient (Wildman–Crippen LogP) is 3.79. The van der Waals surface area contributed by atoms with Gasteiger partial charge in [0.2, 0.25) is 0 Å². The van der Waals surface area contributed by atoms with E-state index in [1.807, 2.05) is 13.1 Å². The summed E-state index contributed by atoms with van der Waals surface area (Å²) < 4.78 is 0. The highest BCUT2D eigenvalue weighted by Gasteiger charge is 2.23. The molecule has 1 heterocycles. The topological polar surface area (TPSA) is 58.4 Å². The van der Waals surface area contributed by atoms with Crippen molar-refractivity contribution in [3.8, 4) is 0 Å². The van der Waals surface area contributed by atoms with Crippen LogP contribution in [0, 0.1) is 10.1 Å². The lowest BCUT2D eigenvalue weighted by Crippen LogP contribution is -2.38. The Morgan fingerprint density at radius 1 is 1.43 bits per heavy atom. The molecule has 5 nitrogen and oxygen atoms in total. The number of hydrogen-bond donors (Lipinski definition) is 1. The van der Waals surface area contributed by atoms with Crippen LogP contribution in [0.25, 0.3) is 0 Å². The molecule has 0 spiro atoms. The third-order valence-electron chi connectivity index (χ3n) is 4.31. The highest BCUT2D eigenvalue weighted by molar-refractivity contribution is 5.55. The maximum absolute atomic E-state index is 11.0. The Labute approximate surface area is 126 Å². The molecule has 116 valence electrons. The lowest BCUT2D eigenvalue weighted by atomic mass is 9.97. The van der Waals surface area contributed by atoms with Gasteiger partial charge in [-0.05, 0) is 37.4 Å². The second-order valence-corrected chi connectivity index (χ2v) is 5.76. The molecule has 5 heteroatoms. The summed E-state index contributed by atoms with van der Waals surface area (Å²) in [6, 6.07) is 5.71. The van der Waals surface area contributed by atoms with Crippen LogP contribution in [0.5, 0.6) is 0 Å². The Kier molecular flexibility index (Phi) is 5.56. The van der Waals surface area contributed by atoms with Crippen LogP contribution in [0.3, 0.4) is 0 Å². The van der Waals surface area contributed by atoms with E-state index in [4.69, 9.17) is 0 Å². The second kappa shape index (κ2) is 7.41. The van der Waals surface area contributed by atoms with E-state index in [0.29, 0.717) is 6.04 Å². The third-order valence-corrected chi connectivity index (χ3v) is 4.31. The average Bonchev–Trinajstić information content (AvgIpc) is 2.49. The number of benzene rings is 1. The van der Waals surface area contributed by atoms with Crippen LogP contribution < -0.4 is 5.32 Å². The Balaban J connectivity index is 2.19. The van der Waals surface area contributed by atoms with Gasteiger partial charge in [-0.1, -0.05) is 19.8 Å². The van der Waals surface area contributed by atoms with Gasteiger partial charge < -0.3 is 5.32 Å². The number of likely N-dealkylation sites (tertiary alicyclic amines) is 1. The van der Waals surface area contributed by atoms with Gasteiger partial charge in [-0.2, -0.15) is 0 Å². The first-order chi connectivity index (χ1) is 10.2. The molecule has 1 unspecified atom stereocenters. The molecular weight excluding hydrogens is 266 g/mol. The highest BCUT2D eigenvalue weighted by Crippen LogP contribution is 2.27. The summed E-state index contributed by atoms with van der Waals surface area (Å²) in [5, 5.41) is 14.1. The monoisotopic (exact) mass is 291 g/mol. The van der Waals surface area contributed by atoms with E-state index < -0.39 is 0 Å². The number of nitro groups is 1. The minimum Gasteiger partial charge on any atom is -0.388 e. The van der Waals surface area contributed by atoms with Gasteiger partial charge in [-0.25, -0.2) is 0 Å². The van der Waals surface area contributed by atoms with Crippen molar-refractivity contribution in [1.29, 1.82) is 0 Å². The molecule has 0 amide bonds. The smallest absolute Gasteiger partial charge is 0.269 e. The zero-order valence-electron chi connectivity index (χ0n) is 13.0. The fourth-order valence-corrected chi connectivity index (χ4v) is 3.22. The maximum atomic E-state index is 11.0. The molecule has 1 fully saturated rings. The predicted molar refractivity (Wildman–Crippen MR) is 85.6 cm³/mol. The number of hydrogen-bond acceptors (Lipinski definition) is 4. The molecule has 1 aromatic rings. The largest absolute Gasteiger partial charge is 0.388 e. The number of nitrogens with zero attached hydrogens (tertiary/aromatic N) is 2. The lowest BCUT2D eigenvalue weighted by Gasteiger charge is -2.36. The molecule has 1 N–H and O–H groups in total. The van der Waals surface area contributed by atoms with Gasteiger partial charge >= 0.3 is 0 Å². The molecule has 1 saturated heterocycles. The third kappa shape index (κ3) is 3.94. The lowest BCUT2D eigenvalue weighted by molar-refractivity contribution is -0.384. The number of piperidine rings is 1. The standard InChI is InChI=1S/C16H25N3O2/c1-3-6-14-7-4-5-10-18(14)12-13-11-15(19(20)21)8-9-16(13)17-2/h8-9,11,14,17H,3-7,10,12H2,1-2H3. The van der Waals surface area contributed by atoms with E-state index in [0.717, 1.165) is 24.3 Å². The SMILES string of the molecule is CCCC1CCCCN1Cc1cc([N+](=O)[O-])ccc1NC. The Bertz CT molecular complexity index is 488. The molecule has 21 heavy (non-hydrogen) atoms. The van der Waals surface area contributed by atoms with Crippen molar-refractivity contribution in [2.45, 2.75) is 51.6 Å². The van der Waals surface area contributed by atoms with Gasteiger partial charge in [0, 0.05) is 37.5 Å². The molecule has 1 aromatic carbocycles. The number of rotatable bonds is 6. The van der Waals surface area contributed by atoms with E-state index in [2.05, 4.69) is 17.1 Å². The van der Waals surface area contributed by atoms with Gasteiger partial charge in [0.15, 0.2) is 0 Å². The van der Waals surface area contributed by atoms with Crippen LogP contribution in [0.1, 0.15) is 44.6 Å². The number of non-ortho nitro benzene ring substituents is 1. The molecular formula is C16H25N3O2. The van der Waals surface area contributed by atoms with Crippen LogP contribution in [0.15, 0.2) is 18.2 Å². The number of nitro benzene ring substituents is 1. The van der Waals surface area contributed by atoms with Crippen molar-refractivity contribution in [3.63, 3.8) is 0 Å². The molecule has 1 aliphatic heterocycles. The second-order valence-electron chi connectivity index (χ2n) is 5.76. The van der Waals surface area contributed by atoms with E-state index in [-0.39, 0.29) is 10.6 Å². The molecule has 1 atom stereocenters. The van der Waals surface area contributed by atoms with Gasteiger partial charge in [0.1, 0.15) is 0 Å². The van der Waals surface area contributed by atoms with Crippen molar-refractivity contribution >= 4 is 11.4 Å². The van der Waals surface area contributed by atoms with Crippen LogP contribution >= 0.6 is 0 Å². The van der Waals surface area contributed by atoms with E-state index >= 15 is 0 Å². The van der Waals surface area contributed by atoms with Gasteiger partial charge in [0.25, 0.3) is 5.69 Å². The van der Waals surface area contributed by atoms with Crippen molar-refractivity contribution < 1.29 is 4.92 Å². The molecule has 1 aliphatic rings. The summed E-state index contributed by atoms with van der Waals surface area (Å²) in [4.78, 5) is 13.2. The van der Waals surface area contributed by atoms with Crippen LogP contribution in [-0.2, 0) is 6.54 Å². The van der Waals surface area contributed by atoms with Crippen LogP contribution in [0.2, 0.25) is 0 Å². The zero-order valence-corrected chi connectivity index (χ0v) is 13.0. The van der Waals surface area contributed by atoms with Crippen LogP contribution in [0.4, 0.5) is 11.4 Å². The summed E-state index contributed by atoms with van der Waals surface area (Å²) in [5.41, 5.74) is 2.18. The minimum atomic E-state index is -0.317. The maximum Gasteiger partial charge on any atom is 0.269 e. The van der Waals surface area contributed by atoms with Crippen molar-refractivity contribution in [2.24, 2.45) is 0 Å². The van der Waals surface area contributed by atoms with Crippen molar-refractivity contribution in [1.82, 2.24) is 4.90 Å². The summed E-state index contributed by atoms with van der Waals surface area (Å²) in [6.07, 6.45) is 6.18. The fraction of sp³-hybridized carbons (Fsp3) is 0.625. The van der Waals surface area contributed by atoms with Crippen molar-refractivity contribution in [2.75, 3.05) is 18.9 Å². The normalized spacial score (nSPS) is 19.4. The molecule has 0 saturated carbocycles. The average molecular weight is 291 g/mol. The van der Waals surface area contributed by atoms with Crippen LogP contribution in [-0.4, -0.2) is 29.5 Å². The zero-order chi connectivity index (χ0) is 15.2. The quantitative estimate of drug-likeness (QED) is 0.640. The summed E-state index contributed by atoms with van der Waals surface area (Å²) in [6.45, 7) is 4.11. The summed E-state index contributed by atoms with van der Waals surface area (Å²) in [5.74, 6) is 0. The Morgan fingerprint density at radius 3 is 2.90 bits per heavy atom. The van der Waals surface area contributed by atoms with Gasteiger partial charge in [0.05, 0.1) is 4.92 Å². The highest BCUT2D eigenvalue weighted by atomic mass is 16.6. The summed E-state index contributed by atoms with van der Waals surface area (Å²) in [7, 11) is 1.87. The van der Waals surface area contributed by atoms with Crippen molar-refractivity contribution in [3.05, 3.63) is 33.9 Å². The van der Waals surface area contributed by atoms with E-state index in [9.17, 15) is 10.1 Å². The number of nitrogens with one attached hydrogen (secondary N) is 1. The van der Waals surface area contributed by atoms with E-state index in [1.54, 1.807) is 12.1 Å². The summed E-state index contributed by atoms with van der Waals surface area (Å²) >= 11 is 0.